The molecule has 0 aliphatic heterocycles. The Bertz CT molecular complexity index is 975. The predicted octanol–water partition coefficient (Wildman–Crippen LogP) is 4.35. The molecule has 0 saturated carbocycles. The molecule has 0 bridgehead atoms. The van der Waals surface area contributed by atoms with Crippen molar-refractivity contribution in [1.82, 2.24) is 9.97 Å². The first-order chi connectivity index (χ1) is 11.6. The van der Waals surface area contributed by atoms with Crippen molar-refractivity contribution in [3.8, 4) is 11.5 Å². The van der Waals surface area contributed by atoms with E-state index in [0.29, 0.717) is 11.0 Å². The van der Waals surface area contributed by atoms with E-state index in [2.05, 4.69) is 9.97 Å². The van der Waals surface area contributed by atoms with Gasteiger partial charge >= 0.3 is 0 Å². The van der Waals surface area contributed by atoms with Crippen LogP contribution >= 0.6 is 0 Å². The minimum atomic E-state index is -0.0574. The fourth-order valence-electron chi connectivity index (χ4n) is 2.93. The van der Waals surface area contributed by atoms with E-state index in [0.717, 1.165) is 22.2 Å². The molecule has 0 amide bonds. The van der Waals surface area contributed by atoms with E-state index in [9.17, 15) is 10.2 Å². The third-order valence-corrected chi connectivity index (χ3v) is 4.33. The Hall–Kier alpha value is -3.14. The molecule has 0 atom stereocenters. The topological polar surface area (TPSA) is 66.2 Å². The summed E-state index contributed by atoms with van der Waals surface area (Å²) in [6.45, 7) is 2.02. The molecule has 0 fully saturated rings. The summed E-state index contributed by atoms with van der Waals surface area (Å²) in [5, 5.41) is 21.8. The van der Waals surface area contributed by atoms with Crippen molar-refractivity contribution in [2.75, 3.05) is 0 Å². The number of fused-ring (bicyclic) bond motifs is 2. The van der Waals surface area contributed by atoms with Gasteiger partial charge in [-0.3, -0.25) is 0 Å². The van der Waals surface area contributed by atoms with Crippen LogP contribution in [0.4, 0.5) is 0 Å². The van der Waals surface area contributed by atoms with Gasteiger partial charge in [-0.05, 0) is 24.3 Å². The molecule has 0 unspecified atom stereocenters. The zero-order valence-electron chi connectivity index (χ0n) is 13.1. The highest BCUT2D eigenvalue weighted by Crippen LogP contribution is 2.29. The molecule has 2 aromatic carbocycles. The molecule has 0 aliphatic rings. The van der Waals surface area contributed by atoms with Crippen molar-refractivity contribution < 1.29 is 10.2 Å². The van der Waals surface area contributed by atoms with Gasteiger partial charge in [-0.1, -0.05) is 43.3 Å². The average molecular weight is 316 g/mol. The maximum absolute atomic E-state index is 10.0. The summed E-state index contributed by atoms with van der Waals surface area (Å²) in [5.74, 6) is 0.286. The number of nitrogens with zero attached hydrogens (tertiary/aromatic N) is 2. The molecule has 4 aromatic rings. The highest BCUT2D eigenvalue weighted by Gasteiger charge is 2.14. The minimum Gasteiger partial charge on any atom is -0.506 e. The Balaban J connectivity index is 1.82. The van der Waals surface area contributed by atoms with E-state index in [1.807, 2.05) is 43.3 Å². The molecule has 4 heteroatoms. The van der Waals surface area contributed by atoms with Crippen molar-refractivity contribution in [3.63, 3.8) is 0 Å². The summed E-state index contributed by atoms with van der Waals surface area (Å²) >= 11 is 0. The number of benzene rings is 2. The largest absolute Gasteiger partial charge is 0.506 e. The van der Waals surface area contributed by atoms with E-state index in [1.165, 1.54) is 0 Å². The van der Waals surface area contributed by atoms with Crippen molar-refractivity contribution in [2.45, 2.75) is 12.8 Å². The second kappa shape index (κ2) is 5.49. The number of pyridine rings is 2. The van der Waals surface area contributed by atoms with Crippen molar-refractivity contribution in [1.29, 1.82) is 0 Å². The van der Waals surface area contributed by atoms with Crippen LogP contribution in [-0.4, -0.2) is 20.2 Å². The summed E-state index contributed by atoms with van der Waals surface area (Å²) in [7, 11) is 0. The Kier molecular flexibility index (Phi) is 3.31. The zero-order valence-corrected chi connectivity index (χ0v) is 13.1. The van der Waals surface area contributed by atoms with Crippen molar-refractivity contribution in [3.05, 3.63) is 72.1 Å². The van der Waals surface area contributed by atoms with Crippen LogP contribution in [0.15, 0.2) is 60.7 Å². The molecule has 2 aromatic heterocycles. The molecular formula is C20H16N2O2. The lowest BCUT2D eigenvalue weighted by atomic mass is 10.0. The Labute approximate surface area is 139 Å². The Morgan fingerprint density at radius 1 is 0.667 bits per heavy atom. The number of hydrogen-bond donors (Lipinski definition) is 2. The number of phenolic OH excluding ortho intramolecular Hbond substituents is 2. The summed E-state index contributed by atoms with van der Waals surface area (Å²) in [6.07, 6.45) is 0. The smallest absolute Gasteiger partial charge is 0.141 e. The summed E-state index contributed by atoms with van der Waals surface area (Å²) in [4.78, 5) is 9.20. The van der Waals surface area contributed by atoms with Gasteiger partial charge in [-0.2, -0.15) is 0 Å². The summed E-state index contributed by atoms with van der Waals surface area (Å²) < 4.78 is 0. The Morgan fingerprint density at radius 2 is 1.12 bits per heavy atom. The fourth-order valence-corrected chi connectivity index (χ4v) is 2.93. The standard InChI is InChI=1S/C20H16N2O2/c1-12(15-10-8-13-4-2-6-17(23)19(13)21-15)16-11-9-14-5-3-7-18(24)20(14)22-16/h2-12,23-24H,1H3. The number of rotatable bonds is 2. The zero-order chi connectivity index (χ0) is 16.7. The van der Waals surface area contributed by atoms with Crippen LogP contribution < -0.4 is 0 Å². The van der Waals surface area contributed by atoms with E-state index in [4.69, 9.17) is 0 Å². The third kappa shape index (κ3) is 2.33. The van der Waals surface area contributed by atoms with Crippen LogP contribution in [0.3, 0.4) is 0 Å². The molecule has 2 N–H and O–H groups in total. The van der Waals surface area contributed by atoms with Crippen LogP contribution in [0, 0.1) is 0 Å². The number of hydrogen-bond acceptors (Lipinski definition) is 4. The molecule has 0 saturated heterocycles. The van der Waals surface area contributed by atoms with Crippen molar-refractivity contribution in [2.24, 2.45) is 0 Å². The second-order valence-electron chi connectivity index (χ2n) is 5.89. The van der Waals surface area contributed by atoms with E-state index in [-0.39, 0.29) is 17.4 Å². The van der Waals surface area contributed by atoms with Crippen LogP contribution in [-0.2, 0) is 0 Å². The first kappa shape index (κ1) is 14.5. The minimum absolute atomic E-state index is 0.0574. The Morgan fingerprint density at radius 3 is 1.58 bits per heavy atom. The monoisotopic (exact) mass is 316 g/mol. The van der Waals surface area contributed by atoms with Gasteiger partial charge in [0.05, 0.1) is 11.4 Å². The molecule has 118 valence electrons. The van der Waals surface area contributed by atoms with Gasteiger partial charge in [0.15, 0.2) is 0 Å². The van der Waals surface area contributed by atoms with Gasteiger partial charge in [0, 0.05) is 16.7 Å². The lowest BCUT2D eigenvalue weighted by Gasteiger charge is -2.13. The predicted molar refractivity (Wildman–Crippen MR) is 94.3 cm³/mol. The SMILES string of the molecule is CC(c1ccc2cccc(O)c2n1)c1ccc2cccc(O)c2n1. The van der Waals surface area contributed by atoms with Crippen LogP contribution in [0.25, 0.3) is 21.8 Å². The molecular weight excluding hydrogens is 300 g/mol. The number of phenols is 2. The molecule has 0 aliphatic carbocycles. The van der Waals surface area contributed by atoms with E-state index < -0.39 is 0 Å². The molecule has 4 rings (SSSR count). The lowest BCUT2D eigenvalue weighted by molar-refractivity contribution is 0.480. The first-order valence-corrected chi connectivity index (χ1v) is 7.81. The van der Waals surface area contributed by atoms with Gasteiger partial charge in [-0.25, -0.2) is 9.97 Å². The first-order valence-electron chi connectivity index (χ1n) is 7.81. The number of para-hydroxylation sites is 2. The molecule has 0 spiro atoms. The highest BCUT2D eigenvalue weighted by molar-refractivity contribution is 5.85. The number of aromatic nitrogens is 2. The van der Waals surface area contributed by atoms with Gasteiger partial charge in [-0.15, -0.1) is 0 Å². The van der Waals surface area contributed by atoms with E-state index >= 15 is 0 Å². The van der Waals surface area contributed by atoms with Crippen molar-refractivity contribution >= 4 is 21.8 Å². The maximum Gasteiger partial charge on any atom is 0.141 e. The third-order valence-electron chi connectivity index (χ3n) is 4.33. The van der Waals surface area contributed by atoms with Gasteiger partial charge in [0.2, 0.25) is 0 Å². The quantitative estimate of drug-likeness (QED) is 0.577. The van der Waals surface area contributed by atoms with E-state index in [1.54, 1.807) is 24.3 Å². The summed E-state index contributed by atoms with van der Waals surface area (Å²) in [6, 6.07) is 18.5. The number of aromatic hydroxyl groups is 2. The van der Waals surface area contributed by atoms with Crippen LogP contribution in [0.2, 0.25) is 0 Å². The fraction of sp³-hybridized carbons (Fsp3) is 0.100. The maximum atomic E-state index is 10.0. The van der Waals surface area contributed by atoms with Crippen LogP contribution in [0.5, 0.6) is 11.5 Å². The van der Waals surface area contributed by atoms with Gasteiger partial charge in [0.25, 0.3) is 0 Å². The highest BCUT2D eigenvalue weighted by atomic mass is 16.3. The second-order valence-corrected chi connectivity index (χ2v) is 5.89. The van der Waals surface area contributed by atoms with Gasteiger partial charge < -0.3 is 10.2 Å². The molecule has 0 radical (unpaired) electrons. The lowest BCUT2D eigenvalue weighted by Crippen LogP contribution is -2.02. The summed E-state index contributed by atoms with van der Waals surface area (Å²) in [5.41, 5.74) is 2.83. The van der Waals surface area contributed by atoms with Crippen LogP contribution in [0.1, 0.15) is 24.2 Å². The normalized spacial score (nSPS) is 11.4. The molecule has 4 nitrogen and oxygen atoms in total. The average Bonchev–Trinajstić information content (AvgIpc) is 2.61. The van der Waals surface area contributed by atoms with Gasteiger partial charge in [0.1, 0.15) is 22.5 Å². The molecule has 24 heavy (non-hydrogen) atoms. The molecule has 2 heterocycles.